The van der Waals surface area contributed by atoms with Gasteiger partial charge in [-0.1, -0.05) is 6.07 Å². The van der Waals surface area contributed by atoms with Crippen LogP contribution in [-0.4, -0.2) is 27.4 Å². The fraction of sp³-hybridized carbons (Fsp3) is 0.389. The number of hydrogen-bond donors (Lipinski definition) is 3. The molecule has 0 saturated heterocycles. The monoisotopic (exact) mass is 424 g/mol. The van der Waals surface area contributed by atoms with Crippen LogP contribution in [0.5, 0.6) is 0 Å². The first-order valence-corrected chi connectivity index (χ1v) is 11.8. The molecule has 0 bridgehead atoms. The second-order valence-corrected chi connectivity index (χ2v) is 11.1. The maximum Gasteiger partial charge on any atom is 0.257 e. The minimum Gasteiger partial charge on any atom is -0.292 e. The molecule has 8 nitrogen and oxygen atoms in total. The summed E-state index contributed by atoms with van der Waals surface area (Å²) < 4.78 is 52.0. The Balaban J connectivity index is 1.69. The van der Waals surface area contributed by atoms with Gasteiger partial charge in [0.05, 0.1) is 4.90 Å². The lowest BCUT2D eigenvalue weighted by atomic mass is 10.1. The molecule has 2 aromatic rings. The number of sulfonamides is 2. The number of benzene rings is 1. The molecule has 1 aliphatic rings. The highest BCUT2D eigenvalue weighted by atomic mass is 32.2. The van der Waals surface area contributed by atoms with Crippen molar-refractivity contribution in [2.75, 3.05) is 5.43 Å². The number of anilines is 1. The molecule has 3 rings (SSSR count). The van der Waals surface area contributed by atoms with E-state index >= 15 is 0 Å². The first kappa shape index (κ1) is 20.7. The molecule has 0 spiro atoms. The van der Waals surface area contributed by atoms with Crippen molar-refractivity contribution in [1.82, 2.24) is 14.5 Å². The van der Waals surface area contributed by atoms with Crippen molar-refractivity contribution in [2.45, 2.75) is 55.4 Å². The van der Waals surface area contributed by atoms with Crippen molar-refractivity contribution >= 4 is 25.9 Å². The average molecular weight is 425 g/mol. The van der Waals surface area contributed by atoms with E-state index in [-0.39, 0.29) is 15.6 Å². The summed E-state index contributed by atoms with van der Waals surface area (Å²) in [6.07, 6.45) is 4.06. The predicted molar refractivity (Wildman–Crippen MR) is 107 cm³/mol. The zero-order valence-electron chi connectivity index (χ0n) is 16.0. The molecule has 0 fully saturated rings. The SMILES string of the molecule is CC(C)(C)NS(=O)(=O)c1ccc(NNS(=O)(=O)c2ccc3c(c2)CCC3)nc1. The number of aryl methyl sites for hydroxylation is 2. The average Bonchev–Trinajstić information content (AvgIpc) is 3.06. The fourth-order valence-electron chi connectivity index (χ4n) is 2.97. The van der Waals surface area contributed by atoms with Crippen molar-refractivity contribution in [3.8, 4) is 0 Å². The highest BCUT2D eigenvalue weighted by Crippen LogP contribution is 2.24. The Kier molecular flexibility index (Phi) is 5.50. The van der Waals surface area contributed by atoms with Crippen molar-refractivity contribution in [1.29, 1.82) is 0 Å². The maximum atomic E-state index is 12.5. The smallest absolute Gasteiger partial charge is 0.257 e. The summed E-state index contributed by atoms with van der Waals surface area (Å²) >= 11 is 0. The van der Waals surface area contributed by atoms with Gasteiger partial charge in [-0.05, 0) is 75.4 Å². The first-order valence-electron chi connectivity index (χ1n) is 8.86. The second-order valence-electron chi connectivity index (χ2n) is 7.75. The Morgan fingerprint density at radius 1 is 0.893 bits per heavy atom. The number of hydrazine groups is 1. The van der Waals surface area contributed by atoms with Crippen LogP contribution in [0, 0.1) is 0 Å². The summed E-state index contributed by atoms with van der Waals surface area (Å²) in [5.41, 5.74) is 4.14. The first-order chi connectivity index (χ1) is 13.0. The lowest BCUT2D eigenvalue weighted by Gasteiger charge is -2.20. The molecule has 1 heterocycles. The zero-order chi connectivity index (χ0) is 20.6. The molecule has 152 valence electrons. The van der Waals surface area contributed by atoms with Crippen LogP contribution in [0.25, 0.3) is 0 Å². The summed E-state index contributed by atoms with van der Waals surface area (Å²) in [7, 11) is -7.48. The van der Waals surface area contributed by atoms with E-state index in [0.29, 0.717) is 0 Å². The Bertz CT molecular complexity index is 1070. The van der Waals surface area contributed by atoms with E-state index in [4.69, 9.17) is 0 Å². The summed E-state index contributed by atoms with van der Waals surface area (Å²) in [5, 5.41) is 0. The third kappa shape index (κ3) is 4.88. The van der Waals surface area contributed by atoms with E-state index in [1.807, 2.05) is 6.07 Å². The number of nitrogens with zero attached hydrogens (tertiary/aromatic N) is 1. The van der Waals surface area contributed by atoms with Crippen molar-refractivity contribution < 1.29 is 16.8 Å². The number of fused-ring (bicyclic) bond motifs is 1. The zero-order valence-corrected chi connectivity index (χ0v) is 17.6. The van der Waals surface area contributed by atoms with Crippen LogP contribution < -0.4 is 15.0 Å². The minimum atomic E-state index is -3.77. The molecule has 0 aliphatic heterocycles. The molecular formula is C18H24N4O4S2. The van der Waals surface area contributed by atoms with E-state index in [0.717, 1.165) is 24.8 Å². The lowest BCUT2D eigenvalue weighted by molar-refractivity contribution is 0.491. The molecule has 3 N–H and O–H groups in total. The van der Waals surface area contributed by atoms with Gasteiger partial charge in [-0.3, -0.25) is 5.43 Å². The van der Waals surface area contributed by atoms with Crippen LogP contribution in [0.4, 0.5) is 5.82 Å². The summed E-state index contributed by atoms with van der Waals surface area (Å²) in [6, 6.07) is 7.86. The Morgan fingerprint density at radius 2 is 1.57 bits per heavy atom. The molecule has 0 saturated carbocycles. The van der Waals surface area contributed by atoms with Crippen LogP contribution in [0.2, 0.25) is 0 Å². The van der Waals surface area contributed by atoms with E-state index in [1.54, 1.807) is 32.9 Å². The molecule has 0 atom stereocenters. The van der Waals surface area contributed by atoms with Gasteiger partial charge >= 0.3 is 0 Å². The largest absolute Gasteiger partial charge is 0.292 e. The quantitative estimate of drug-likeness (QED) is 0.610. The van der Waals surface area contributed by atoms with Crippen molar-refractivity contribution in [3.63, 3.8) is 0 Å². The summed E-state index contributed by atoms with van der Waals surface area (Å²) in [6.45, 7) is 5.21. The minimum absolute atomic E-state index is 0.00513. The van der Waals surface area contributed by atoms with E-state index in [1.165, 1.54) is 23.9 Å². The fourth-order valence-corrected chi connectivity index (χ4v) is 5.23. The molecule has 1 aromatic heterocycles. The number of nitrogens with one attached hydrogen (secondary N) is 3. The van der Waals surface area contributed by atoms with Gasteiger partial charge in [0.2, 0.25) is 10.0 Å². The van der Waals surface area contributed by atoms with Gasteiger partial charge in [0.15, 0.2) is 0 Å². The third-order valence-electron chi connectivity index (χ3n) is 4.18. The molecule has 28 heavy (non-hydrogen) atoms. The second kappa shape index (κ2) is 7.43. The van der Waals surface area contributed by atoms with Crippen LogP contribution in [0.1, 0.15) is 38.3 Å². The Morgan fingerprint density at radius 3 is 2.21 bits per heavy atom. The van der Waals surface area contributed by atoms with E-state index in [2.05, 4.69) is 20.0 Å². The number of rotatable bonds is 6. The van der Waals surface area contributed by atoms with Gasteiger partial charge < -0.3 is 0 Å². The summed E-state index contributed by atoms with van der Waals surface area (Å²) in [5.74, 6) is 0.180. The van der Waals surface area contributed by atoms with E-state index in [9.17, 15) is 16.8 Å². The molecule has 0 amide bonds. The molecule has 10 heteroatoms. The Labute approximate surface area is 165 Å². The predicted octanol–water partition coefficient (Wildman–Crippen LogP) is 1.95. The number of aromatic nitrogens is 1. The van der Waals surface area contributed by atoms with Crippen LogP contribution in [-0.2, 0) is 32.9 Å². The van der Waals surface area contributed by atoms with Gasteiger partial charge in [0.1, 0.15) is 10.7 Å². The Hall–Kier alpha value is -2.01. The van der Waals surface area contributed by atoms with Gasteiger partial charge in [-0.2, -0.15) is 0 Å². The molecule has 1 aliphatic carbocycles. The van der Waals surface area contributed by atoms with Gasteiger partial charge in [-0.25, -0.2) is 26.5 Å². The van der Waals surface area contributed by atoms with Crippen LogP contribution >= 0.6 is 0 Å². The standard InChI is InChI=1S/C18H24N4O4S2/c1-18(2,3)21-27(23,24)16-9-10-17(19-12-16)20-22-28(25,26)15-8-7-13-5-4-6-14(13)11-15/h7-12,21-22H,4-6H2,1-3H3,(H,19,20). The topological polar surface area (TPSA) is 117 Å². The summed E-state index contributed by atoms with van der Waals surface area (Å²) in [4.78, 5) is 6.42. The van der Waals surface area contributed by atoms with Crippen LogP contribution in [0.3, 0.4) is 0 Å². The number of hydrogen-bond acceptors (Lipinski definition) is 6. The van der Waals surface area contributed by atoms with Gasteiger partial charge in [0.25, 0.3) is 10.0 Å². The highest BCUT2D eigenvalue weighted by Gasteiger charge is 2.22. The van der Waals surface area contributed by atoms with Crippen LogP contribution in [0.15, 0.2) is 46.3 Å². The van der Waals surface area contributed by atoms with E-state index < -0.39 is 25.6 Å². The normalized spacial score (nSPS) is 14.7. The highest BCUT2D eigenvalue weighted by molar-refractivity contribution is 7.89. The van der Waals surface area contributed by atoms with Crippen molar-refractivity contribution in [2.24, 2.45) is 0 Å². The number of pyridine rings is 1. The molecular weight excluding hydrogens is 400 g/mol. The molecule has 1 aromatic carbocycles. The third-order valence-corrected chi connectivity index (χ3v) is 7.17. The lowest BCUT2D eigenvalue weighted by Crippen LogP contribution is -2.40. The van der Waals surface area contributed by atoms with Gasteiger partial charge in [0, 0.05) is 11.7 Å². The molecule has 0 radical (unpaired) electrons. The van der Waals surface area contributed by atoms with Crippen molar-refractivity contribution in [3.05, 3.63) is 47.7 Å². The van der Waals surface area contributed by atoms with Gasteiger partial charge in [-0.15, -0.1) is 4.83 Å². The maximum absolute atomic E-state index is 12.5. The molecule has 0 unspecified atom stereocenters.